The molecule has 33 heavy (non-hydrogen) atoms. The molecule has 1 aliphatic heterocycles. The van der Waals surface area contributed by atoms with E-state index < -0.39 is 0 Å². The van der Waals surface area contributed by atoms with Gasteiger partial charge in [-0.15, -0.1) is 0 Å². The fourth-order valence-electron chi connectivity index (χ4n) is 4.57. The summed E-state index contributed by atoms with van der Waals surface area (Å²) >= 11 is 0. The van der Waals surface area contributed by atoms with Gasteiger partial charge in [-0.05, 0) is 63.8 Å². The molecule has 0 fully saturated rings. The maximum atomic E-state index is 13.4. The van der Waals surface area contributed by atoms with E-state index in [0.29, 0.717) is 17.0 Å². The molecule has 0 saturated heterocycles. The molecule has 1 unspecified atom stereocenters. The largest absolute Gasteiger partial charge is 0.481 e. The molecule has 1 atom stereocenters. The lowest BCUT2D eigenvalue weighted by Crippen LogP contribution is -2.29. The summed E-state index contributed by atoms with van der Waals surface area (Å²) in [6.45, 7) is 7.91. The fraction of sp³-hybridized carbons (Fsp3) is 0.360. The van der Waals surface area contributed by atoms with Crippen LogP contribution in [0.5, 0.6) is 5.88 Å². The van der Waals surface area contributed by atoms with Gasteiger partial charge in [-0.2, -0.15) is 0 Å². The van der Waals surface area contributed by atoms with Crippen molar-refractivity contribution in [2.24, 2.45) is 4.99 Å². The highest BCUT2D eigenvalue weighted by molar-refractivity contribution is 5.99. The third-order valence-electron chi connectivity index (χ3n) is 6.24. The van der Waals surface area contributed by atoms with Crippen LogP contribution in [-0.2, 0) is 13.0 Å². The number of aromatic nitrogens is 3. The van der Waals surface area contributed by atoms with Crippen LogP contribution in [-0.4, -0.2) is 33.8 Å². The van der Waals surface area contributed by atoms with E-state index in [1.54, 1.807) is 13.3 Å². The summed E-state index contributed by atoms with van der Waals surface area (Å²) in [7, 11) is 1.59. The van der Waals surface area contributed by atoms with Crippen molar-refractivity contribution in [3.8, 4) is 5.88 Å². The van der Waals surface area contributed by atoms with E-state index in [1.807, 2.05) is 45.2 Å². The Hall–Kier alpha value is -3.68. The number of fused-ring (bicyclic) bond motifs is 1. The zero-order valence-electron chi connectivity index (χ0n) is 19.7. The quantitative estimate of drug-likeness (QED) is 0.602. The van der Waals surface area contributed by atoms with Crippen molar-refractivity contribution in [2.75, 3.05) is 7.11 Å². The first-order chi connectivity index (χ1) is 15.8. The Kier molecular flexibility index (Phi) is 6.18. The molecule has 4 heterocycles. The Bertz CT molecular complexity index is 1300. The first-order valence-corrected chi connectivity index (χ1v) is 11.1. The van der Waals surface area contributed by atoms with Crippen LogP contribution in [0.25, 0.3) is 0 Å². The number of pyridine rings is 2. The molecule has 8 heteroatoms. The molecule has 1 amide bonds. The van der Waals surface area contributed by atoms with Gasteiger partial charge in [-0.25, -0.2) is 9.98 Å². The molecule has 0 bridgehead atoms. The van der Waals surface area contributed by atoms with Crippen molar-refractivity contribution in [3.63, 3.8) is 0 Å². The average Bonchev–Trinajstić information content (AvgIpc) is 3.09. The van der Waals surface area contributed by atoms with Crippen molar-refractivity contribution in [3.05, 3.63) is 74.0 Å². The SMILES string of the molecule is COc1cc(C(C)n2c(C)c(C(=O)NCc3c(C)cc(C)[nH]c3=O)c3c2N=CCC3)ccn1. The van der Waals surface area contributed by atoms with Gasteiger partial charge in [-0.1, -0.05) is 0 Å². The molecule has 0 radical (unpaired) electrons. The monoisotopic (exact) mass is 447 g/mol. The molecule has 1 aliphatic rings. The number of ether oxygens (including phenoxy) is 1. The van der Waals surface area contributed by atoms with Crippen LogP contribution in [0.4, 0.5) is 5.82 Å². The van der Waals surface area contributed by atoms with Crippen molar-refractivity contribution < 1.29 is 9.53 Å². The molecule has 0 spiro atoms. The lowest BCUT2D eigenvalue weighted by Gasteiger charge is -2.20. The average molecular weight is 448 g/mol. The Morgan fingerprint density at radius 2 is 2.09 bits per heavy atom. The van der Waals surface area contributed by atoms with Crippen LogP contribution in [0, 0.1) is 20.8 Å². The summed E-state index contributed by atoms with van der Waals surface area (Å²) in [5, 5.41) is 2.96. The van der Waals surface area contributed by atoms with Crippen LogP contribution in [0.2, 0.25) is 0 Å². The second-order valence-corrected chi connectivity index (χ2v) is 8.42. The predicted molar refractivity (Wildman–Crippen MR) is 128 cm³/mol. The standard InChI is InChI=1S/C25H29N5O3/c1-14-11-15(2)29-24(31)20(14)13-28-25(32)22-17(4)30(23-19(22)7-6-9-27-23)16(3)18-8-10-26-21(12-18)33-5/h8-12,16H,6-7,13H2,1-5H3,(H,28,32)(H,29,31). The summed E-state index contributed by atoms with van der Waals surface area (Å²) in [5.41, 5.74) is 5.48. The number of nitrogens with zero attached hydrogens (tertiary/aromatic N) is 3. The van der Waals surface area contributed by atoms with E-state index in [0.717, 1.165) is 46.7 Å². The number of hydrogen-bond donors (Lipinski definition) is 2. The second kappa shape index (κ2) is 9.05. The Balaban J connectivity index is 1.70. The van der Waals surface area contributed by atoms with E-state index in [-0.39, 0.29) is 24.1 Å². The van der Waals surface area contributed by atoms with E-state index in [2.05, 4.69) is 31.8 Å². The van der Waals surface area contributed by atoms with Gasteiger partial charge >= 0.3 is 0 Å². The third kappa shape index (κ3) is 4.20. The maximum Gasteiger partial charge on any atom is 0.253 e. The molecule has 8 nitrogen and oxygen atoms in total. The van der Waals surface area contributed by atoms with Gasteiger partial charge in [0.15, 0.2) is 0 Å². The highest BCUT2D eigenvalue weighted by Crippen LogP contribution is 2.37. The predicted octanol–water partition coefficient (Wildman–Crippen LogP) is 3.69. The number of nitrogens with one attached hydrogen (secondary N) is 2. The lowest BCUT2D eigenvalue weighted by atomic mass is 10.0. The van der Waals surface area contributed by atoms with Gasteiger partial charge in [0.25, 0.3) is 11.5 Å². The van der Waals surface area contributed by atoms with Crippen LogP contribution >= 0.6 is 0 Å². The van der Waals surface area contributed by atoms with Crippen molar-refractivity contribution in [1.29, 1.82) is 0 Å². The van der Waals surface area contributed by atoms with E-state index in [9.17, 15) is 9.59 Å². The van der Waals surface area contributed by atoms with Gasteiger partial charge in [0, 0.05) is 47.5 Å². The zero-order valence-corrected chi connectivity index (χ0v) is 19.7. The number of methoxy groups -OCH3 is 1. The normalized spacial score (nSPS) is 13.5. The first-order valence-electron chi connectivity index (χ1n) is 11.1. The minimum atomic E-state index is -0.196. The summed E-state index contributed by atoms with van der Waals surface area (Å²) < 4.78 is 7.38. The van der Waals surface area contributed by atoms with Gasteiger partial charge in [0.2, 0.25) is 5.88 Å². The molecule has 0 aromatic carbocycles. The van der Waals surface area contributed by atoms with E-state index >= 15 is 0 Å². The number of aryl methyl sites for hydroxylation is 2. The summed E-state index contributed by atoms with van der Waals surface area (Å²) in [4.78, 5) is 37.4. The van der Waals surface area contributed by atoms with Gasteiger partial charge in [0.1, 0.15) is 5.82 Å². The van der Waals surface area contributed by atoms with E-state index in [1.165, 1.54) is 0 Å². The van der Waals surface area contributed by atoms with E-state index in [4.69, 9.17) is 4.74 Å². The number of rotatable bonds is 6. The molecule has 0 aliphatic carbocycles. The molecular weight excluding hydrogens is 418 g/mol. The minimum absolute atomic E-state index is 0.0744. The fourth-order valence-corrected chi connectivity index (χ4v) is 4.57. The third-order valence-corrected chi connectivity index (χ3v) is 6.24. The van der Waals surface area contributed by atoms with Crippen LogP contribution in [0.1, 0.15) is 63.4 Å². The molecule has 3 aromatic rings. The van der Waals surface area contributed by atoms with Gasteiger partial charge < -0.3 is 19.6 Å². The highest BCUT2D eigenvalue weighted by atomic mass is 16.5. The lowest BCUT2D eigenvalue weighted by molar-refractivity contribution is 0.0949. The van der Waals surface area contributed by atoms with Gasteiger partial charge in [0.05, 0.1) is 18.7 Å². The number of aliphatic imine (C=N–C) groups is 1. The highest BCUT2D eigenvalue weighted by Gasteiger charge is 2.28. The molecule has 4 rings (SSSR count). The Labute approximate surface area is 192 Å². The molecule has 172 valence electrons. The molecule has 3 aromatic heterocycles. The first kappa shape index (κ1) is 22.5. The zero-order chi connectivity index (χ0) is 23.7. The topological polar surface area (TPSA) is 101 Å². The van der Waals surface area contributed by atoms with Gasteiger partial charge in [-0.3, -0.25) is 9.59 Å². The second-order valence-electron chi connectivity index (χ2n) is 8.42. The van der Waals surface area contributed by atoms with Crippen LogP contribution in [0.15, 0.2) is 34.2 Å². The summed E-state index contributed by atoms with van der Waals surface area (Å²) in [6, 6.07) is 5.67. The smallest absolute Gasteiger partial charge is 0.253 e. The summed E-state index contributed by atoms with van der Waals surface area (Å²) in [6.07, 6.45) is 5.14. The van der Waals surface area contributed by atoms with Crippen LogP contribution < -0.4 is 15.6 Å². The van der Waals surface area contributed by atoms with Crippen LogP contribution in [0.3, 0.4) is 0 Å². The number of carbonyl (C=O) groups excluding carboxylic acids is 1. The number of amides is 1. The summed E-state index contributed by atoms with van der Waals surface area (Å²) in [5.74, 6) is 1.15. The molecule has 0 saturated carbocycles. The molecule has 2 N–H and O–H groups in total. The Morgan fingerprint density at radius 1 is 1.30 bits per heavy atom. The molecular formula is C25H29N5O3. The number of carbonyl (C=O) groups is 1. The maximum absolute atomic E-state index is 13.4. The van der Waals surface area contributed by atoms with Crippen molar-refractivity contribution in [1.82, 2.24) is 19.9 Å². The number of hydrogen-bond acceptors (Lipinski definition) is 5. The number of aromatic amines is 1. The van der Waals surface area contributed by atoms with Crippen molar-refractivity contribution in [2.45, 2.75) is 53.1 Å². The number of H-pyrrole nitrogens is 1. The minimum Gasteiger partial charge on any atom is -0.481 e. The van der Waals surface area contributed by atoms with Crippen molar-refractivity contribution >= 4 is 17.9 Å². The Morgan fingerprint density at radius 3 is 2.82 bits per heavy atom.